The number of benzene rings is 2. The number of carbonyl (C=O) groups is 1. The van der Waals surface area contributed by atoms with Crippen molar-refractivity contribution in [1.29, 1.82) is 0 Å². The number of piperidine rings is 2. The molecule has 4 bridgehead atoms. The Kier molecular flexibility index (Phi) is 9.53. The number of morpholine rings is 2. The Bertz CT molecular complexity index is 1740. The quantitative estimate of drug-likeness (QED) is 0.198. The third-order valence-electron chi connectivity index (χ3n) is 9.81. The van der Waals surface area contributed by atoms with Crippen LogP contribution in [0.15, 0.2) is 73.2 Å². The van der Waals surface area contributed by atoms with E-state index in [1.807, 2.05) is 55.5 Å². The van der Waals surface area contributed by atoms with E-state index in [0.29, 0.717) is 29.9 Å². The maximum absolute atomic E-state index is 12.7. The second-order valence-electron chi connectivity index (χ2n) is 13.1. The van der Waals surface area contributed by atoms with Gasteiger partial charge in [-0.05, 0) is 67.1 Å². The van der Waals surface area contributed by atoms with Crippen LogP contribution >= 0.6 is 0 Å². The Morgan fingerprint density at radius 1 is 0.840 bits per heavy atom. The Morgan fingerprint density at radius 2 is 1.40 bits per heavy atom. The first-order valence-corrected chi connectivity index (χ1v) is 16.9. The minimum atomic E-state index is -4.56. The van der Waals surface area contributed by atoms with Gasteiger partial charge in [-0.25, -0.2) is 19.9 Å². The van der Waals surface area contributed by atoms with E-state index in [2.05, 4.69) is 41.2 Å². The van der Waals surface area contributed by atoms with Crippen molar-refractivity contribution in [3.63, 3.8) is 0 Å². The molecule has 4 aromatic rings. The molecule has 50 heavy (non-hydrogen) atoms. The summed E-state index contributed by atoms with van der Waals surface area (Å²) in [7, 11) is 0. The van der Waals surface area contributed by atoms with Gasteiger partial charge in [-0.1, -0.05) is 31.2 Å². The number of aryl methyl sites for hydroxylation is 1. The lowest BCUT2D eigenvalue weighted by Crippen LogP contribution is -2.57. The smallest absolute Gasteiger partial charge is 0.367 e. The average Bonchev–Trinajstić information content (AvgIpc) is 3.17. The van der Waals surface area contributed by atoms with Gasteiger partial charge in [0.2, 0.25) is 5.82 Å². The molecular weight excluding hydrogens is 649 g/mol. The normalized spacial score (nSPS) is 25.4. The van der Waals surface area contributed by atoms with E-state index in [1.54, 1.807) is 12.4 Å². The highest BCUT2D eigenvalue weighted by atomic mass is 19.4. The van der Waals surface area contributed by atoms with E-state index in [0.717, 1.165) is 80.6 Å². The van der Waals surface area contributed by atoms with Gasteiger partial charge in [-0.3, -0.25) is 4.79 Å². The number of nitrogens with one attached hydrogen (secondary N) is 4. The zero-order valence-corrected chi connectivity index (χ0v) is 27.6. The van der Waals surface area contributed by atoms with Crippen LogP contribution in [-0.4, -0.2) is 64.2 Å². The summed E-state index contributed by atoms with van der Waals surface area (Å²) in [6, 6.07) is 17.8. The van der Waals surface area contributed by atoms with E-state index in [9.17, 15) is 18.0 Å². The number of amides is 1. The molecule has 0 saturated carbocycles. The van der Waals surface area contributed by atoms with Gasteiger partial charge in [0.15, 0.2) is 0 Å². The highest BCUT2D eigenvalue weighted by Crippen LogP contribution is 2.40. The van der Waals surface area contributed by atoms with Crippen LogP contribution in [0, 0.1) is 0 Å². The molecule has 4 N–H and O–H groups in total. The lowest BCUT2D eigenvalue weighted by atomic mass is 9.81. The van der Waals surface area contributed by atoms with Crippen LogP contribution in [0.2, 0.25) is 0 Å². The zero-order chi connectivity index (χ0) is 34.8. The molecular formula is C36H39F3N8O3. The largest absolute Gasteiger partial charge is 0.451 e. The third-order valence-corrected chi connectivity index (χ3v) is 9.81. The highest BCUT2D eigenvalue weighted by molar-refractivity contribution is 6.03. The molecule has 6 aliphatic heterocycles. The summed E-state index contributed by atoms with van der Waals surface area (Å²) in [4.78, 5) is 27.4. The van der Waals surface area contributed by atoms with Crippen LogP contribution in [-0.2, 0) is 33.3 Å². The maximum atomic E-state index is 12.7. The fourth-order valence-electron chi connectivity index (χ4n) is 6.81. The predicted molar refractivity (Wildman–Crippen MR) is 180 cm³/mol. The Labute approximate surface area is 287 Å². The standard InChI is InChI=1S/C19H22N4O2.C17H17F3N4O/c1-2-17-20-9-13(10-21-17)18(24)23-15-5-3-14(4-6-15)19-8-7-16(11-25-19)22-12-19;18-17(19,20)15-21-8-6-14(24-15)23-12-3-1-11(2-4-12)16-7-5-13(9-25-16)22-10-16/h3-6,9-10,16,22H,2,7-8,11-12H2,1H3,(H,23,24);1-4,6,8,13,22H,5,7,9-10H2,(H,21,23,24). The molecule has 2 aromatic heterocycles. The molecule has 1 amide bonds. The first-order valence-electron chi connectivity index (χ1n) is 16.9. The molecule has 0 spiro atoms. The van der Waals surface area contributed by atoms with Crippen molar-refractivity contribution in [2.75, 3.05) is 36.9 Å². The summed E-state index contributed by atoms with van der Waals surface area (Å²) in [6.45, 7) is 5.09. The second kappa shape index (κ2) is 14.0. The number of nitrogens with zero attached hydrogens (tertiary/aromatic N) is 4. The van der Waals surface area contributed by atoms with Gasteiger partial charge >= 0.3 is 6.18 Å². The number of halogens is 3. The van der Waals surface area contributed by atoms with Crippen LogP contribution < -0.4 is 21.3 Å². The number of ether oxygens (including phenoxy) is 2. The number of hydrogen-bond donors (Lipinski definition) is 4. The zero-order valence-electron chi connectivity index (χ0n) is 27.6. The van der Waals surface area contributed by atoms with Crippen molar-refractivity contribution in [2.24, 2.45) is 0 Å². The molecule has 6 fully saturated rings. The van der Waals surface area contributed by atoms with Crippen LogP contribution in [0.3, 0.4) is 0 Å². The summed E-state index contributed by atoms with van der Waals surface area (Å²) in [5, 5.41) is 12.8. The van der Waals surface area contributed by atoms with Gasteiger partial charge in [-0.15, -0.1) is 0 Å². The molecule has 262 valence electrons. The van der Waals surface area contributed by atoms with E-state index in [1.165, 1.54) is 6.07 Å². The predicted octanol–water partition coefficient (Wildman–Crippen LogP) is 5.49. The van der Waals surface area contributed by atoms with Crippen LogP contribution in [0.5, 0.6) is 0 Å². The van der Waals surface area contributed by atoms with Crippen molar-refractivity contribution >= 4 is 23.1 Å². The summed E-state index contributed by atoms with van der Waals surface area (Å²) < 4.78 is 50.2. The monoisotopic (exact) mass is 688 g/mol. The van der Waals surface area contributed by atoms with E-state index in [4.69, 9.17) is 9.47 Å². The maximum Gasteiger partial charge on any atom is 0.451 e. The number of carbonyl (C=O) groups excluding carboxylic acids is 1. The first kappa shape index (κ1) is 34.0. The molecule has 6 saturated heterocycles. The van der Waals surface area contributed by atoms with Crippen molar-refractivity contribution in [2.45, 2.75) is 68.5 Å². The van der Waals surface area contributed by atoms with Gasteiger partial charge in [-0.2, -0.15) is 13.2 Å². The van der Waals surface area contributed by atoms with Crippen LogP contribution in [0.1, 0.15) is 65.7 Å². The number of aromatic nitrogens is 4. The molecule has 2 aromatic carbocycles. The first-order chi connectivity index (χ1) is 24.1. The Hall–Kier alpha value is -4.50. The Balaban J connectivity index is 0.000000157. The van der Waals surface area contributed by atoms with Crippen molar-refractivity contribution in [1.82, 2.24) is 30.6 Å². The van der Waals surface area contributed by atoms with Crippen LogP contribution in [0.25, 0.3) is 0 Å². The minimum Gasteiger partial charge on any atom is -0.367 e. The van der Waals surface area contributed by atoms with E-state index >= 15 is 0 Å². The molecule has 0 radical (unpaired) electrons. The fraction of sp³-hybridized carbons (Fsp3) is 0.417. The summed E-state index contributed by atoms with van der Waals surface area (Å²) in [5.41, 5.74) is 3.58. The number of fused-ring (bicyclic) bond motifs is 6. The van der Waals surface area contributed by atoms with Crippen molar-refractivity contribution in [3.05, 3.63) is 102 Å². The third kappa shape index (κ3) is 7.33. The molecule has 14 heteroatoms. The van der Waals surface area contributed by atoms with Gasteiger partial charge in [0.05, 0.1) is 18.8 Å². The minimum absolute atomic E-state index is 0.101. The molecule has 10 rings (SSSR count). The summed E-state index contributed by atoms with van der Waals surface area (Å²) >= 11 is 0. The molecule has 11 nitrogen and oxygen atoms in total. The van der Waals surface area contributed by atoms with Crippen molar-refractivity contribution in [3.8, 4) is 0 Å². The molecule has 8 heterocycles. The SMILES string of the molecule is CCc1ncc(C(=O)Nc2ccc(C34CCC(CO3)NC4)cc2)cn1.FC(F)(F)c1nccc(Nc2ccc(C34CCC(CO3)NC4)cc2)n1. The molecule has 6 aliphatic rings. The average molecular weight is 689 g/mol. The molecule has 0 aliphatic carbocycles. The van der Waals surface area contributed by atoms with Gasteiger partial charge in [0.1, 0.15) is 22.8 Å². The number of hydrogen-bond acceptors (Lipinski definition) is 10. The lowest BCUT2D eigenvalue weighted by molar-refractivity contribution is -0.144. The number of anilines is 3. The summed E-state index contributed by atoms with van der Waals surface area (Å²) in [5.74, 6) is -0.531. The number of rotatable bonds is 7. The fourth-order valence-corrected chi connectivity index (χ4v) is 6.81. The van der Waals surface area contributed by atoms with Crippen LogP contribution in [0.4, 0.5) is 30.4 Å². The van der Waals surface area contributed by atoms with Crippen molar-refractivity contribution < 1.29 is 27.4 Å². The number of alkyl halides is 3. The van der Waals surface area contributed by atoms with Gasteiger partial charge in [0, 0.05) is 61.6 Å². The Morgan fingerprint density at radius 3 is 1.86 bits per heavy atom. The highest BCUT2D eigenvalue weighted by Gasteiger charge is 2.43. The molecule has 4 atom stereocenters. The lowest BCUT2D eigenvalue weighted by Gasteiger charge is -2.47. The van der Waals surface area contributed by atoms with E-state index < -0.39 is 12.0 Å². The summed E-state index contributed by atoms with van der Waals surface area (Å²) in [6.07, 6.45) is 4.64. The van der Waals surface area contributed by atoms with Gasteiger partial charge < -0.3 is 30.7 Å². The van der Waals surface area contributed by atoms with E-state index in [-0.39, 0.29) is 22.9 Å². The second-order valence-corrected chi connectivity index (χ2v) is 13.1. The van der Waals surface area contributed by atoms with Gasteiger partial charge in [0.25, 0.3) is 5.91 Å². The topological polar surface area (TPSA) is 135 Å². The molecule has 4 unspecified atom stereocenters.